The number of guanidine groups is 1. The number of rotatable bonds is 5. The summed E-state index contributed by atoms with van der Waals surface area (Å²) in [4.78, 5) is 10.4. The highest BCUT2D eigenvalue weighted by Crippen LogP contribution is 2.32. The van der Waals surface area contributed by atoms with Crippen LogP contribution >= 0.6 is 0 Å². The number of piperidine rings is 2. The van der Waals surface area contributed by atoms with E-state index in [0.29, 0.717) is 6.04 Å². The molecule has 0 atom stereocenters. The van der Waals surface area contributed by atoms with E-state index in [2.05, 4.69) is 41.3 Å². The summed E-state index contributed by atoms with van der Waals surface area (Å²) in [7, 11) is 2.26. The molecule has 27 heavy (non-hydrogen) atoms. The minimum absolute atomic E-state index is 0.274. The van der Waals surface area contributed by atoms with Crippen molar-refractivity contribution in [1.82, 2.24) is 20.4 Å². The molecular formula is C22H43N5. The van der Waals surface area contributed by atoms with Crippen molar-refractivity contribution >= 4 is 5.96 Å². The number of aliphatic imine (C=N–C) groups is 1. The molecule has 2 N–H and O–H groups in total. The second-order valence-electron chi connectivity index (χ2n) is 9.37. The summed E-state index contributed by atoms with van der Waals surface area (Å²) in [6.07, 6.45) is 11.9. The van der Waals surface area contributed by atoms with Gasteiger partial charge in [-0.2, -0.15) is 0 Å². The van der Waals surface area contributed by atoms with Gasteiger partial charge in [-0.3, -0.25) is 9.89 Å². The molecular weight excluding hydrogens is 334 g/mol. The molecule has 0 bridgehead atoms. The van der Waals surface area contributed by atoms with Crippen molar-refractivity contribution in [3.63, 3.8) is 0 Å². The van der Waals surface area contributed by atoms with Crippen LogP contribution in [-0.4, -0.2) is 73.7 Å². The van der Waals surface area contributed by atoms with E-state index in [1.807, 2.05) is 0 Å². The predicted molar refractivity (Wildman–Crippen MR) is 115 cm³/mol. The van der Waals surface area contributed by atoms with Gasteiger partial charge in [-0.05, 0) is 97.4 Å². The van der Waals surface area contributed by atoms with Crippen LogP contribution in [-0.2, 0) is 0 Å². The van der Waals surface area contributed by atoms with Crippen LogP contribution in [0, 0.1) is 5.92 Å². The van der Waals surface area contributed by atoms with Crippen molar-refractivity contribution in [2.24, 2.45) is 10.9 Å². The highest BCUT2D eigenvalue weighted by atomic mass is 15.3. The minimum atomic E-state index is 0.274. The SMILES string of the molecule is CCNC(=NCC1(N2CCCCC2)CCN(C)CC1)NC1CCC(C)CC1. The van der Waals surface area contributed by atoms with E-state index in [9.17, 15) is 0 Å². The lowest BCUT2D eigenvalue weighted by Crippen LogP contribution is -2.58. The molecule has 2 heterocycles. The van der Waals surface area contributed by atoms with Gasteiger partial charge >= 0.3 is 0 Å². The van der Waals surface area contributed by atoms with Gasteiger partial charge in [0.2, 0.25) is 0 Å². The first kappa shape index (κ1) is 20.9. The van der Waals surface area contributed by atoms with E-state index < -0.39 is 0 Å². The summed E-state index contributed by atoms with van der Waals surface area (Å²) < 4.78 is 0. The second kappa shape index (κ2) is 10.1. The summed E-state index contributed by atoms with van der Waals surface area (Å²) in [6, 6.07) is 0.599. The van der Waals surface area contributed by atoms with Crippen LogP contribution in [0.4, 0.5) is 0 Å². The van der Waals surface area contributed by atoms with Crippen LogP contribution < -0.4 is 10.6 Å². The topological polar surface area (TPSA) is 42.9 Å². The zero-order valence-corrected chi connectivity index (χ0v) is 18.1. The highest BCUT2D eigenvalue weighted by Gasteiger charge is 2.39. The highest BCUT2D eigenvalue weighted by molar-refractivity contribution is 5.80. The normalized spacial score (nSPS) is 30.9. The summed E-state index contributed by atoms with van der Waals surface area (Å²) in [5.41, 5.74) is 0.274. The molecule has 0 aromatic carbocycles. The third-order valence-corrected chi connectivity index (χ3v) is 7.18. The maximum atomic E-state index is 5.16. The Morgan fingerprint density at radius 1 is 1.00 bits per heavy atom. The molecule has 3 fully saturated rings. The van der Waals surface area contributed by atoms with Gasteiger partial charge in [0.15, 0.2) is 5.96 Å². The smallest absolute Gasteiger partial charge is 0.191 e. The molecule has 2 saturated heterocycles. The van der Waals surface area contributed by atoms with Crippen LogP contribution in [0.5, 0.6) is 0 Å². The zero-order valence-electron chi connectivity index (χ0n) is 18.1. The summed E-state index contributed by atoms with van der Waals surface area (Å²) >= 11 is 0. The van der Waals surface area contributed by atoms with Crippen LogP contribution in [0.25, 0.3) is 0 Å². The molecule has 156 valence electrons. The molecule has 3 rings (SSSR count). The average molecular weight is 378 g/mol. The van der Waals surface area contributed by atoms with Crippen LogP contribution in [0.15, 0.2) is 4.99 Å². The van der Waals surface area contributed by atoms with Crippen molar-refractivity contribution in [1.29, 1.82) is 0 Å². The number of nitrogens with zero attached hydrogens (tertiary/aromatic N) is 3. The molecule has 1 saturated carbocycles. The average Bonchev–Trinajstić information content (AvgIpc) is 2.70. The molecule has 0 radical (unpaired) electrons. The van der Waals surface area contributed by atoms with Crippen molar-refractivity contribution in [2.45, 2.75) is 83.2 Å². The Morgan fingerprint density at radius 3 is 2.30 bits per heavy atom. The van der Waals surface area contributed by atoms with E-state index in [-0.39, 0.29) is 5.54 Å². The second-order valence-corrected chi connectivity index (χ2v) is 9.37. The van der Waals surface area contributed by atoms with Crippen molar-refractivity contribution in [3.05, 3.63) is 0 Å². The maximum absolute atomic E-state index is 5.16. The van der Waals surface area contributed by atoms with Crippen LogP contribution in [0.1, 0.15) is 71.6 Å². The Bertz CT molecular complexity index is 455. The quantitative estimate of drug-likeness (QED) is 0.571. The largest absolute Gasteiger partial charge is 0.357 e. The molecule has 0 unspecified atom stereocenters. The molecule has 3 aliphatic rings. The van der Waals surface area contributed by atoms with E-state index >= 15 is 0 Å². The lowest BCUT2D eigenvalue weighted by molar-refractivity contribution is 0.0208. The number of hydrogen-bond donors (Lipinski definition) is 2. The molecule has 2 aliphatic heterocycles. The fraction of sp³-hybridized carbons (Fsp3) is 0.955. The van der Waals surface area contributed by atoms with E-state index in [4.69, 9.17) is 4.99 Å². The van der Waals surface area contributed by atoms with Gasteiger partial charge in [0.05, 0.1) is 6.54 Å². The number of nitrogens with one attached hydrogen (secondary N) is 2. The molecule has 0 aromatic heterocycles. The monoisotopic (exact) mass is 377 g/mol. The van der Waals surface area contributed by atoms with Gasteiger partial charge < -0.3 is 15.5 Å². The molecule has 0 amide bonds. The lowest BCUT2D eigenvalue weighted by atomic mass is 9.84. The van der Waals surface area contributed by atoms with Crippen LogP contribution in [0.3, 0.4) is 0 Å². The van der Waals surface area contributed by atoms with Gasteiger partial charge in [0, 0.05) is 18.1 Å². The third-order valence-electron chi connectivity index (χ3n) is 7.18. The van der Waals surface area contributed by atoms with Crippen molar-refractivity contribution < 1.29 is 0 Å². The van der Waals surface area contributed by atoms with E-state index in [1.165, 1.54) is 84.0 Å². The molecule has 0 aromatic rings. The predicted octanol–water partition coefficient (Wildman–Crippen LogP) is 3.07. The first-order valence-electron chi connectivity index (χ1n) is 11.6. The molecule has 5 heteroatoms. The van der Waals surface area contributed by atoms with Crippen molar-refractivity contribution in [3.8, 4) is 0 Å². The lowest BCUT2D eigenvalue weighted by Gasteiger charge is -2.49. The molecule has 1 aliphatic carbocycles. The Kier molecular flexibility index (Phi) is 7.83. The van der Waals surface area contributed by atoms with Gasteiger partial charge in [-0.25, -0.2) is 0 Å². The first-order chi connectivity index (χ1) is 13.1. The van der Waals surface area contributed by atoms with Gasteiger partial charge in [-0.15, -0.1) is 0 Å². The Morgan fingerprint density at radius 2 is 1.67 bits per heavy atom. The van der Waals surface area contributed by atoms with Gasteiger partial charge in [0.25, 0.3) is 0 Å². The minimum Gasteiger partial charge on any atom is -0.357 e. The maximum Gasteiger partial charge on any atom is 0.191 e. The summed E-state index contributed by atoms with van der Waals surface area (Å²) in [5.74, 6) is 1.94. The van der Waals surface area contributed by atoms with Gasteiger partial charge in [-0.1, -0.05) is 13.3 Å². The van der Waals surface area contributed by atoms with Gasteiger partial charge in [0.1, 0.15) is 0 Å². The van der Waals surface area contributed by atoms with E-state index in [1.54, 1.807) is 0 Å². The molecule has 0 spiro atoms. The summed E-state index contributed by atoms with van der Waals surface area (Å²) in [5, 5.41) is 7.28. The number of likely N-dealkylation sites (tertiary alicyclic amines) is 2. The molecule has 5 nitrogen and oxygen atoms in total. The van der Waals surface area contributed by atoms with E-state index in [0.717, 1.165) is 25.0 Å². The Balaban J connectivity index is 1.66. The Hall–Kier alpha value is -0.810. The fourth-order valence-electron chi connectivity index (χ4n) is 5.12. The first-order valence-corrected chi connectivity index (χ1v) is 11.6. The standard InChI is InChI=1S/C22H43N5/c1-4-23-21(25-20-10-8-19(2)9-11-20)24-18-22(12-16-26(3)17-13-22)27-14-6-5-7-15-27/h19-20H,4-18H2,1-3H3,(H2,23,24,25). The number of hydrogen-bond acceptors (Lipinski definition) is 3. The third kappa shape index (κ3) is 5.83. The zero-order chi connectivity index (χ0) is 19.1. The van der Waals surface area contributed by atoms with Crippen molar-refractivity contribution in [2.75, 3.05) is 46.3 Å². The fourth-order valence-corrected chi connectivity index (χ4v) is 5.12. The Labute approximate surface area is 167 Å². The summed E-state index contributed by atoms with van der Waals surface area (Å²) in [6.45, 7) is 11.4. The van der Waals surface area contributed by atoms with Crippen LogP contribution in [0.2, 0.25) is 0 Å².